The fourth-order valence-corrected chi connectivity index (χ4v) is 5.35. The van der Waals surface area contributed by atoms with Crippen LogP contribution in [0.4, 0.5) is 0 Å². The van der Waals surface area contributed by atoms with Crippen molar-refractivity contribution in [2.45, 2.75) is 70.9 Å². The largest absolute Gasteiger partial charge is 0.339 e. The highest BCUT2D eigenvalue weighted by Crippen LogP contribution is 2.36. The number of piperidine rings is 1. The molecule has 1 fully saturated rings. The van der Waals surface area contributed by atoms with Crippen LogP contribution >= 0.6 is 23.1 Å². The first kappa shape index (κ1) is 18.6. The van der Waals surface area contributed by atoms with Gasteiger partial charge in [-0.05, 0) is 45.6 Å². The van der Waals surface area contributed by atoms with Crippen LogP contribution in [0.15, 0.2) is 5.03 Å². The molecule has 0 radical (unpaired) electrons. The quantitative estimate of drug-likeness (QED) is 0.560. The summed E-state index contributed by atoms with van der Waals surface area (Å²) in [7, 11) is 0. The van der Waals surface area contributed by atoms with Gasteiger partial charge in [-0.1, -0.05) is 25.6 Å². The molecule has 3 rings (SSSR count). The Labute approximate surface area is 158 Å². The first-order chi connectivity index (χ1) is 11.9. The molecule has 136 valence electrons. The van der Waals surface area contributed by atoms with Crippen molar-refractivity contribution in [2.75, 3.05) is 12.3 Å². The molecule has 1 amide bonds. The highest BCUT2D eigenvalue weighted by atomic mass is 32.2. The van der Waals surface area contributed by atoms with E-state index in [-0.39, 0.29) is 11.8 Å². The van der Waals surface area contributed by atoms with Gasteiger partial charge in [-0.25, -0.2) is 9.97 Å². The maximum atomic E-state index is 12.7. The van der Waals surface area contributed by atoms with E-state index >= 15 is 0 Å². The average molecular weight is 378 g/mol. The fraction of sp³-hybridized carbons (Fsp3) is 0.632. The Bertz CT molecular complexity index is 785. The number of thioether (sulfide) groups is 1. The average Bonchev–Trinajstić information content (AvgIpc) is 2.87. The maximum Gasteiger partial charge on any atom is 0.233 e. The number of nitrogens with zero attached hydrogens (tertiary/aromatic N) is 3. The lowest BCUT2D eigenvalue weighted by Gasteiger charge is -2.33. The molecular weight excluding hydrogens is 350 g/mol. The van der Waals surface area contributed by atoms with E-state index in [2.05, 4.69) is 34.6 Å². The van der Waals surface area contributed by atoms with Gasteiger partial charge in [-0.3, -0.25) is 4.79 Å². The molecule has 1 saturated heterocycles. The van der Waals surface area contributed by atoms with E-state index < -0.39 is 0 Å². The van der Waals surface area contributed by atoms with Gasteiger partial charge in [0, 0.05) is 28.8 Å². The summed E-state index contributed by atoms with van der Waals surface area (Å²) in [5.74, 6) is 1.85. The van der Waals surface area contributed by atoms with Gasteiger partial charge in [-0.15, -0.1) is 11.3 Å². The number of fused-ring (bicyclic) bond motifs is 1. The first-order valence-electron chi connectivity index (χ1n) is 9.08. The van der Waals surface area contributed by atoms with Crippen molar-refractivity contribution in [2.24, 2.45) is 0 Å². The van der Waals surface area contributed by atoms with Crippen LogP contribution in [-0.4, -0.2) is 39.1 Å². The summed E-state index contributed by atoms with van der Waals surface area (Å²) in [6, 6.07) is 0.364. The van der Waals surface area contributed by atoms with E-state index in [0.29, 0.717) is 11.8 Å². The predicted molar refractivity (Wildman–Crippen MR) is 107 cm³/mol. The summed E-state index contributed by atoms with van der Waals surface area (Å²) in [6.45, 7) is 11.5. The van der Waals surface area contributed by atoms with Gasteiger partial charge < -0.3 is 4.90 Å². The molecule has 25 heavy (non-hydrogen) atoms. The lowest BCUT2D eigenvalue weighted by Crippen LogP contribution is -2.42. The van der Waals surface area contributed by atoms with Crippen molar-refractivity contribution in [3.8, 4) is 0 Å². The molecule has 1 aliphatic heterocycles. The lowest BCUT2D eigenvalue weighted by molar-refractivity contribution is -0.131. The second kappa shape index (κ2) is 7.62. The van der Waals surface area contributed by atoms with Crippen molar-refractivity contribution < 1.29 is 4.79 Å². The van der Waals surface area contributed by atoms with Crippen LogP contribution in [-0.2, 0) is 4.79 Å². The standard InChI is InChI=1S/C19H27N3OS2/c1-11(2)17-20-18(16-13(4)14(5)25-19(16)21-17)24-10-15(23)22-9-7-6-8-12(22)3/h11-12H,6-10H2,1-5H3/t12-/m1/s1. The Kier molecular flexibility index (Phi) is 5.68. The number of aryl methyl sites for hydroxylation is 2. The zero-order chi connectivity index (χ0) is 18.1. The Morgan fingerprint density at radius 1 is 1.32 bits per heavy atom. The number of carbonyl (C=O) groups excluding carboxylic acids is 1. The van der Waals surface area contributed by atoms with Crippen molar-refractivity contribution in [1.82, 2.24) is 14.9 Å². The van der Waals surface area contributed by atoms with Crippen LogP contribution in [0.3, 0.4) is 0 Å². The van der Waals surface area contributed by atoms with Crippen LogP contribution < -0.4 is 0 Å². The zero-order valence-corrected chi connectivity index (χ0v) is 17.4. The Balaban J connectivity index is 1.86. The maximum absolute atomic E-state index is 12.7. The number of thiophene rings is 1. The summed E-state index contributed by atoms with van der Waals surface area (Å²) in [4.78, 5) is 26.6. The second-order valence-corrected chi connectivity index (χ2v) is 9.39. The number of likely N-dealkylation sites (tertiary alicyclic amines) is 1. The molecule has 0 aliphatic carbocycles. The number of hydrogen-bond donors (Lipinski definition) is 0. The highest BCUT2D eigenvalue weighted by Gasteiger charge is 2.24. The molecule has 2 aromatic rings. The molecule has 1 aliphatic rings. The molecule has 0 bridgehead atoms. The topological polar surface area (TPSA) is 46.1 Å². The van der Waals surface area contributed by atoms with Gasteiger partial charge in [0.05, 0.1) is 5.75 Å². The van der Waals surface area contributed by atoms with Gasteiger partial charge >= 0.3 is 0 Å². The predicted octanol–water partition coefficient (Wildman–Crippen LogP) is 4.92. The minimum atomic E-state index is 0.236. The smallest absolute Gasteiger partial charge is 0.233 e. The van der Waals surface area contributed by atoms with E-state index in [4.69, 9.17) is 9.97 Å². The third-order valence-corrected chi connectivity index (χ3v) is 7.05. The van der Waals surface area contributed by atoms with Crippen LogP contribution in [0.2, 0.25) is 0 Å². The van der Waals surface area contributed by atoms with Gasteiger partial charge in [0.2, 0.25) is 5.91 Å². The number of amides is 1. The minimum absolute atomic E-state index is 0.236. The fourth-order valence-electron chi connectivity index (χ4n) is 3.27. The number of hydrogen-bond acceptors (Lipinski definition) is 5. The molecule has 3 heterocycles. The highest BCUT2D eigenvalue weighted by molar-refractivity contribution is 8.00. The molecule has 0 N–H and O–H groups in total. The molecule has 2 aromatic heterocycles. The van der Waals surface area contributed by atoms with E-state index in [1.807, 2.05) is 4.90 Å². The van der Waals surface area contributed by atoms with Crippen molar-refractivity contribution in [1.29, 1.82) is 0 Å². The summed E-state index contributed by atoms with van der Waals surface area (Å²) in [5, 5.41) is 2.10. The monoisotopic (exact) mass is 377 g/mol. The van der Waals surface area contributed by atoms with Gasteiger partial charge in [-0.2, -0.15) is 0 Å². The SMILES string of the molecule is Cc1sc2nc(C(C)C)nc(SCC(=O)N3CCCC[C@H]3C)c2c1C. The molecule has 4 nitrogen and oxygen atoms in total. The molecule has 0 unspecified atom stereocenters. The zero-order valence-electron chi connectivity index (χ0n) is 15.8. The molecule has 0 spiro atoms. The molecule has 1 atom stereocenters. The van der Waals surface area contributed by atoms with E-state index in [0.717, 1.165) is 40.5 Å². The normalized spacial score (nSPS) is 18.3. The van der Waals surface area contributed by atoms with Crippen LogP contribution in [0.1, 0.15) is 62.2 Å². The van der Waals surface area contributed by atoms with E-state index in [1.165, 1.54) is 16.9 Å². The molecule has 6 heteroatoms. The van der Waals surface area contributed by atoms with Crippen LogP contribution in [0, 0.1) is 13.8 Å². The summed E-state index contributed by atoms with van der Waals surface area (Å²) < 4.78 is 0. The van der Waals surface area contributed by atoms with Crippen LogP contribution in [0.25, 0.3) is 10.2 Å². The van der Waals surface area contributed by atoms with E-state index in [1.54, 1.807) is 23.1 Å². The number of aromatic nitrogens is 2. The second-order valence-electron chi connectivity index (χ2n) is 7.23. The first-order valence-corrected chi connectivity index (χ1v) is 10.9. The third-order valence-electron chi connectivity index (χ3n) is 4.98. The van der Waals surface area contributed by atoms with Crippen LogP contribution in [0.5, 0.6) is 0 Å². The van der Waals surface area contributed by atoms with Crippen molar-refractivity contribution >= 4 is 39.2 Å². The van der Waals surface area contributed by atoms with Gasteiger partial charge in [0.1, 0.15) is 15.7 Å². The Morgan fingerprint density at radius 3 is 2.76 bits per heavy atom. The number of rotatable bonds is 4. The summed E-state index contributed by atoms with van der Waals surface area (Å²) >= 11 is 3.30. The summed E-state index contributed by atoms with van der Waals surface area (Å²) in [6.07, 6.45) is 3.48. The summed E-state index contributed by atoms with van der Waals surface area (Å²) in [5.41, 5.74) is 1.25. The third kappa shape index (κ3) is 3.85. The van der Waals surface area contributed by atoms with Gasteiger partial charge in [0.25, 0.3) is 0 Å². The molecule has 0 saturated carbocycles. The minimum Gasteiger partial charge on any atom is -0.339 e. The van der Waals surface area contributed by atoms with Crippen molar-refractivity contribution in [3.63, 3.8) is 0 Å². The van der Waals surface area contributed by atoms with Gasteiger partial charge in [0.15, 0.2) is 0 Å². The van der Waals surface area contributed by atoms with E-state index in [9.17, 15) is 4.79 Å². The lowest BCUT2D eigenvalue weighted by atomic mass is 10.0. The molecular formula is C19H27N3OS2. The Morgan fingerprint density at radius 2 is 2.08 bits per heavy atom. The molecule has 0 aromatic carbocycles. The number of carbonyl (C=O) groups is 1. The Hall–Kier alpha value is -1.14. The van der Waals surface area contributed by atoms with Crippen molar-refractivity contribution in [3.05, 3.63) is 16.3 Å².